The fourth-order valence-electron chi connectivity index (χ4n) is 3.43. The Morgan fingerprint density at radius 1 is 0.889 bits per heavy atom. The van der Waals surface area contributed by atoms with Gasteiger partial charge >= 0.3 is 0 Å². The third-order valence-electron chi connectivity index (χ3n) is 5.09. The predicted octanol–water partition coefficient (Wildman–Crippen LogP) is 3.42. The molecule has 1 aliphatic rings. The molecule has 5 heteroatoms. The van der Waals surface area contributed by atoms with E-state index in [0.717, 1.165) is 60.9 Å². The Bertz CT molecular complexity index is 822. The number of Topliss-reactive ketones (excluding diaryl/α,β-unsaturated/α-hetero) is 2. The quantitative estimate of drug-likeness (QED) is 0.733. The number of ether oxygens (including phenoxy) is 1. The number of ketones is 2. The van der Waals surface area contributed by atoms with Crippen molar-refractivity contribution in [2.45, 2.75) is 20.4 Å². The van der Waals surface area contributed by atoms with Crippen LogP contribution in [0.1, 0.15) is 40.1 Å². The summed E-state index contributed by atoms with van der Waals surface area (Å²) >= 11 is 0. The number of anilines is 1. The van der Waals surface area contributed by atoms with E-state index in [0.29, 0.717) is 0 Å². The minimum absolute atomic E-state index is 0.0673. The third kappa shape index (κ3) is 4.55. The summed E-state index contributed by atoms with van der Waals surface area (Å²) in [6.45, 7) is 7.65. The molecule has 0 aliphatic carbocycles. The molecule has 5 nitrogen and oxygen atoms in total. The lowest BCUT2D eigenvalue weighted by Crippen LogP contribution is -2.46. The molecule has 1 aliphatic heterocycles. The first kappa shape index (κ1) is 19.1. The molecule has 0 unspecified atom stereocenters. The van der Waals surface area contributed by atoms with E-state index in [9.17, 15) is 9.59 Å². The van der Waals surface area contributed by atoms with Gasteiger partial charge in [-0.25, -0.2) is 0 Å². The number of carbonyl (C=O) groups excluding carboxylic acids is 2. The van der Waals surface area contributed by atoms with Crippen molar-refractivity contribution in [2.24, 2.45) is 0 Å². The summed E-state index contributed by atoms with van der Waals surface area (Å²) in [6.07, 6.45) is 0. The summed E-state index contributed by atoms with van der Waals surface area (Å²) in [5.41, 5.74) is 3.66. The zero-order chi connectivity index (χ0) is 19.4. The third-order valence-corrected chi connectivity index (χ3v) is 5.09. The van der Waals surface area contributed by atoms with Gasteiger partial charge in [0.2, 0.25) is 0 Å². The lowest BCUT2D eigenvalue weighted by molar-refractivity contribution is 0.100. The monoisotopic (exact) mass is 366 g/mol. The number of piperazine rings is 1. The Morgan fingerprint density at radius 2 is 1.48 bits per heavy atom. The molecule has 0 radical (unpaired) electrons. The first-order chi connectivity index (χ1) is 13.0. The maximum Gasteiger partial charge on any atom is 0.159 e. The number of hydrogen-bond donors (Lipinski definition) is 0. The highest BCUT2D eigenvalue weighted by Crippen LogP contribution is 2.24. The van der Waals surface area contributed by atoms with Gasteiger partial charge in [0.15, 0.2) is 11.6 Å². The molecular weight excluding hydrogens is 340 g/mol. The smallest absolute Gasteiger partial charge is 0.159 e. The Hall–Kier alpha value is -2.66. The van der Waals surface area contributed by atoms with Gasteiger partial charge in [0.05, 0.1) is 7.11 Å². The second-order valence-electron chi connectivity index (χ2n) is 6.95. The lowest BCUT2D eigenvalue weighted by Gasteiger charge is -2.36. The zero-order valence-corrected chi connectivity index (χ0v) is 16.2. The van der Waals surface area contributed by atoms with Crippen molar-refractivity contribution in [2.75, 3.05) is 38.2 Å². The van der Waals surface area contributed by atoms with Crippen LogP contribution < -0.4 is 9.64 Å². The van der Waals surface area contributed by atoms with Gasteiger partial charge in [-0.05, 0) is 56.3 Å². The number of benzene rings is 2. The number of hydrogen-bond acceptors (Lipinski definition) is 5. The topological polar surface area (TPSA) is 49.9 Å². The van der Waals surface area contributed by atoms with Crippen molar-refractivity contribution in [1.82, 2.24) is 4.90 Å². The van der Waals surface area contributed by atoms with Gasteiger partial charge in [0, 0.05) is 55.1 Å². The average molecular weight is 366 g/mol. The minimum Gasteiger partial charge on any atom is -0.496 e. The predicted molar refractivity (Wildman–Crippen MR) is 107 cm³/mol. The fourth-order valence-corrected chi connectivity index (χ4v) is 3.43. The Labute approximate surface area is 160 Å². The molecule has 1 saturated heterocycles. The minimum atomic E-state index is 0.0673. The molecule has 0 aromatic heterocycles. The Kier molecular flexibility index (Phi) is 5.91. The van der Waals surface area contributed by atoms with Crippen molar-refractivity contribution < 1.29 is 14.3 Å². The van der Waals surface area contributed by atoms with E-state index in [-0.39, 0.29) is 11.6 Å². The van der Waals surface area contributed by atoms with E-state index < -0.39 is 0 Å². The normalized spacial score (nSPS) is 14.9. The molecule has 0 atom stereocenters. The molecule has 3 rings (SSSR count). The summed E-state index contributed by atoms with van der Waals surface area (Å²) < 4.78 is 5.47. The van der Waals surface area contributed by atoms with E-state index >= 15 is 0 Å². The van der Waals surface area contributed by atoms with Crippen molar-refractivity contribution >= 4 is 17.3 Å². The lowest BCUT2D eigenvalue weighted by atomic mass is 10.1. The van der Waals surface area contributed by atoms with Crippen LogP contribution in [0.15, 0.2) is 42.5 Å². The van der Waals surface area contributed by atoms with Gasteiger partial charge in [-0.15, -0.1) is 0 Å². The molecule has 1 fully saturated rings. The first-order valence-electron chi connectivity index (χ1n) is 9.24. The maximum atomic E-state index is 11.7. The molecule has 1 heterocycles. The van der Waals surface area contributed by atoms with Crippen LogP contribution in [0, 0.1) is 0 Å². The molecular formula is C22H26N2O3. The average Bonchev–Trinajstić information content (AvgIpc) is 2.68. The van der Waals surface area contributed by atoms with E-state index in [2.05, 4.69) is 9.80 Å². The van der Waals surface area contributed by atoms with Crippen LogP contribution in [-0.4, -0.2) is 49.8 Å². The van der Waals surface area contributed by atoms with Gasteiger partial charge in [-0.1, -0.05) is 0 Å². The summed E-state index contributed by atoms with van der Waals surface area (Å²) in [5, 5.41) is 0. The maximum absolute atomic E-state index is 11.7. The summed E-state index contributed by atoms with van der Waals surface area (Å²) in [4.78, 5) is 27.8. The fraction of sp³-hybridized carbons (Fsp3) is 0.364. The number of methoxy groups -OCH3 is 1. The van der Waals surface area contributed by atoms with Crippen LogP contribution in [0.25, 0.3) is 0 Å². The molecule has 2 aromatic carbocycles. The molecule has 142 valence electrons. The van der Waals surface area contributed by atoms with Crippen LogP contribution in [0.2, 0.25) is 0 Å². The number of carbonyl (C=O) groups is 2. The molecule has 0 amide bonds. The first-order valence-corrected chi connectivity index (χ1v) is 9.24. The van der Waals surface area contributed by atoms with Gasteiger partial charge < -0.3 is 9.64 Å². The Morgan fingerprint density at radius 3 is 2.04 bits per heavy atom. The molecule has 0 bridgehead atoms. The van der Waals surface area contributed by atoms with Crippen LogP contribution >= 0.6 is 0 Å². The van der Waals surface area contributed by atoms with Crippen molar-refractivity contribution in [3.05, 3.63) is 59.2 Å². The summed E-state index contributed by atoms with van der Waals surface area (Å²) in [5.74, 6) is 0.980. The van der Waals surface area contributed by atoms with Gasteiger partial charge in [0.1, 0.15) is 5.75 Å². The van der Waals surface area contributed by atoms with Crippen molar-refractivity contribution in [3.63, 3.8) is 0 Å². The van der Waals surface area contributed by atoms with Gasteiger partial charge in [-0.3, -0.25) is 14.5 Å². The zero-order valence-electron chi connectivity index (χ0n) is 16.2. The number of nitrogens with zero attached hydrogens (tertiary/aromatic N) is 2. The highest BCUT2D eigenvalue weighted by atomic mass is 16.5. The van der Waals surface area contributed by atoms with E-state index in [4.69, 9.17) is 4.74 Å². The van der Waals surface area contributed by atoms with Crippen molar-refractivity contribution in [3.8, 4) is 5.75 Å². The second-order valence-corrected chi connectivity index (χ2v) is 6.95. The summed E-state index contributed by atoms with van der Waals surface area (Å²) in [7, 11) is 1.66. The van der Waals surface area contributed by atoms with E-state index in [1.165, 1.54) is 0 Å². The molecule has 2 aromatic rings. The van der Waals surface area contributed by atoms with Crippen molar-refractivity contribution in [1.29, 1.82) is 0 Å². The largest absolute Gasteiger partial charge is 0.496 e. The molecule has 0 spiro atoms. The molecule has 0 saturated carbocycles. The Balaban J connectivity index is 1.63. The van der Waals surface area contributed by atoms with Crippen LogP contribution in [0.3, 0.4) is 0 Å². The van der Waals surface area contributed by atoms with E-state index in [1.54, 1.807) is 21.0 Å². The molecule has 0 N–H and O–H groups in total. The molecule has 27 heavy (non-hydrogen) atoms. The van der Waals surface area contributed by atoms with Crippen LogP contribution in [0.5, 0.6) is 5.75 Å². The van der Waals surface area contributed by atoms with Gasteiger partial charge in [0.25, 0.3) is 0 Å². The van der Waals surface area contributed by atoms with Crippen LogP contribution in [-0.2, 0) is 6.54 Å². The number of rotatable bonds is 6. The van der Waals surface area contributed by atoms with Crippen LogP contribution in [0.4, 0.5) is 5.69 Å². The highest BCUT2D eigenvalue weighted by molar-refractivity contribution is 5.94. The van der Waals surface area contributed by atoms with E-state index in [1.807, 2.05) is 42.5 Å². The van der Waals surface area contributed by atoms with Gasteiger partial charge in [-0.2, -0.15) is 0 Å². The summed E-state index contributed by atoms with van der Waals surface area (Å²) in [6, 6.07) is 13.4. The standard InChI is InChI=1S/C22H26N2O3/c1-16(25)18-4-7-21(8-5-18)24-12-10-23(11-13-24)15-20-14-19(17(2)26)6-9-22(20)27-3/h4-9,14H,10-13,15H2,1-3H3. The second kappa shape index (κ2) is 8.35. The SMILES string of the molecule is COc1ccc(C(C)=O)cc1CN1CCN(c2ccc(C(C)=O)cc2)CC1. The highest BCUT2D eigenvalue weighted by Gasteiger charge is 2.19.